The van der Waals surface area contributed by atoms with Gasteiger partial charge in [0.25, 0.3) is 5.91 Å². The average molecular weight is 448 g/mol. The van der Waals surface area contributed by atoms with Gasteiger partial charge in [-0.05, 0) is 53.2 Å². The molecule has 3 aromatic carbocycles. The van der Waals surface area contributed by atoms with Gasteiger partial charge in [0, 0.05) is 22.3 Å². The first-order chi connectivity index (χ1) is 15.1. The number of hydrogen-bond acceptors (Lipinski definition) is 4. The van der Waals surface area contributed by atoms with Crippen LogP contribution in [0.4, 0.5) is 11.5 Å². The van der Waals surface area contributed by atoms with Crippen molar-refractivity contribution in [2.45, 2.75) is 4.90 Å². The van der Waals surface area contributed by atoms with E-state index >= 15 is 0 Å². The fourth-order valence-electron chi connectivity index (χ4n) is 2.98. The Morgan fingerprint density at radius 1 is 0.871 bits per heavy atom. The van der Waals surface area contributed by atoms with E-state index in [4.69, 9.17) is 11.6 Å². The SMILES string of the molecule is O=C(CSc1cccc(NC(=O)c2ccc3ccccc3c2)c1)Nc1ccc(Cl)cn1. The van der Waals surface area contributed by atoms with Crippen molar-refractivity contribution in [3.05, 3.63) is 95.6 Å². The molecule has 0 spiro atoms. The van der Waals surface area contributed by atoms with Crippen molar-refractivity contribution in [1.82, 2.24) is 4.98 Å². The molecule has 0 saturated heterocycles. The molecule has 154 valence electrons. The number of amides is 2. The first-order valence-electron chi connectivity index (χ1n) is 9.51. The molecule has 31 heavy (non-hydrogen) atoms. The summed E-state index contributed by atoms with van der Waals surface area (Å²) in [5.74, 6) is 0.308. The third kappa shape index (κ3) is 5.63. The molecule has 4 rings (SSSR count). The van der Waals surface area contributed by atoms with Gasteiger partial charge in [-0.2, -0.15) is 0 Å². The quantitative estimate of drug-likeness (QED) is 0.362. The second-order valence-electron chi connectivity index (χ2n) is 6.74. The van der Waals surface area contributed by atoms with Gasteiger partial charge >= 0.3 is 0 Å². The molecule has 0 aliphatic rings. The van der Waals surface area contributed by atoms with Crippen LogP contribution >= 0.6 is 23.4 Å². The zero-order valence-corrected chi connectivity index (χ0v) is 17.9. The fourth-order valence-corrected chi connectivity index (χ4v) is 3.84. The predicted octanol–water partition coefficient (Wildman–Crippen LogP) is 5.87. The fraction of sp³-hybridized carbons (Fsp3) is 0.0417. The highest BCUT2D eigenvalue weighted by Crippen LogP contribution is 2.23. The standard InChI is InChI=1S/C24H18ClN3O2S/c25-19-10-11-22(26-14-19)28-23(29)15-31-21-7-3-6-20(13-21)27-24(30)18-9-8-16-4-1-2-5-17(16)12-18/h1-14H,15H2,(H,27,30)(H,26,28,29). The largest absolute Gasteiger partial charge is 0.322 e. The van der Waals surface area contributed by atoms with E-state index in [-0.39, 0.29) is 17.6 Å². The second kappa shape index (κ2) is 9.64. The second-order valence-corrected chi connectivity index (χ2v) is 8.23. The van der Waals surface area contributed by atoms with E-state index in [1.165, 1.54) is 18.0 Å². The van der Waals surface area contributed by atoms with Crippen LogP contribution < -0.4 is 10.6 Å². The van der Waals surface area contributed by atoms with Crippen molar-refractivity contribution in [3.63, 3.8) is 0 Å². The summed E-state index contributed by atoms with van der Waals surface area (Å²) in [5.41, 5.74) is 1.26. The van der Waals surface area contributed by atoms with E-state index in [1.54, 1.807) is 12.1 Å². The maximum Gasteiger partial charge on any atom is 0.255 e. The van der Waals surface area contributed by atoms with Crippen molar-refractivity contribution in [2.75, 3.05) is 16.4 Å². The molecule has 0 fully saturated rings. The van der Waals surface area contributed by atoms with Crippen LogP contribution in [0.5, 0.6) is 0 Å². The van der Waals surface area contributed by atoms with Gasteiger partial charge in [0.05, 0.1) is 10.8 Å². The lowest BCUT2D eigenvalue weighted by atomic mass is 10.1. The molecule has 0 saturated carbocycles. The molecule has 0 radical (unpaired) electrons. The maximum atomic E-state index is 12.7. The molecule has 2 amide bonds. The predicted molar refractivity (Wildman–Crippen MR) is 127 cm³/mol. The Hall–Kier alpha value is -3.35. The summed E-state index contributed by atoms with van der Waals surface area (Å²) in [5, 5.41) is 8.25. The maximum absolute atomic E-state index is 12.7. The van der Waals surface area contributed by atoms with Crippen LogP contribution in [0.25, 0.3) is 10.8 Å². The summed E-state index contributed by atoms with van der Waals surface area (Å²) in [6.07, 6.45) is 1.48. The smallest absolute Gasteiger partial charge is 0.255 e. The first kappa shape index (κ1) is 20.9. The van der Waals surface area contributed by atoms with Crippen molar-refractivity contribution >= 4 is 57.5 Å². The Labute approximate surface area is 188 Å². The number of rotatable bonds is 6. The van der Waals surface area contributed by atoms with Gasteiger partial charge in [-0.15, -0.1) is 11.8 Å². The molecule has 5 nitrogen and oxygen atoms in total. The summed E-state index contributed by atoms with van der Waals surface area (Å²) in [6.45, 7) is 0. The van der Waals surface area contributed by atoms with E-state index in [9.17, 15) is 9.59 Å². The molecule has 7 heteroatoms. The van der Waals surface area contributed by atoms with E-state index in [2.05, 4.69) is 15.6 Å². The van der Waals surface area contributed by atoms with Crippen LogP contribution in [0.2, 0.25) is 5.02 Å². The molecule has 1 aromatic heterocycles. The van der Waals surface area contributed by atoms with Crippen LogP contribution in [0.1, 0.15) is 10.4 Å². The van der Waals surface area contributed by atoms with Crippen molar-refractivity contribution in [3.8, 4) is 0 Å². The molecular formula is C24H18ClN3O2S. The van der Waals surface area contributed by atoms with Crippen LogP contribution in [-0.4, -0.2) is 22.6 Å². The van der Waals surface area contributed by atoms with Crippen molar-refractivity contribution < 1.29 is 9.59 Å². The number of hydrogen-bond donors (Lipinski definition) is 2. The molecule has 0 atom stereocenters. The average Bonchev–Trinajstić information content (AvgIpc) is 2.79. The van der Waals surface area contributed by atoms with Crippen LogP contribution in [-0.2, 0) is 4.79 Å². The number of thioether (sulfide) groups is 1. The monoisotopic (exact) mass is 447 g/mol. The third-order valence-corrected chi connectivity index (χ3v) is 5.69. The van der Waals surface area contributed by atoms with Gasteiger partial charge in [-0.25, -0.2) is 4.98 Å². The molecular weight excluding hydrogens is 430 g/mol. The first-order valence-corrected chi connectivity index (χ1v) is 10.9. The Morgan fingerprint density at radius 2 is 1.71 bits per heavy atom. The van der Waals surface area contributed by atoms with Gasteiger partial charge in [0.2, 0.25) is 5.91 Å². The Kier molecular flexibility index (Phi) is 6.50. The minimum atomic E-state index is -0.181. The lowest BCUT2D eigenvalue weighted by Crippen LogP contribution is -2.15. The van der Waals surface area contributed by atoms with Gasteiger partial charge in [-0.1, -0.05) is 48.0 Å². The Balaban J connectivity index is 1.36. The van der Waals surface area contributed by atoms with E-state index in [1.807, 2.05) is 66.7 Å². The van der Waals surface area contributed by atoms with Crippen molar-refractivity contribution in [2.24, 2.45) is 0 Å². The molecule has 0 unspecified atom stereocenters. The lowest BCUT2D eigenvalue weighted by molar-refractivity contribution is -0.113. The lowest BCUT2D eigenvalue weighted by Gasteiger charge is -2.09. The van der Waals surface area contributed by atoms with Crippen LogP contribution in [0, 0.1) is 0 Å². The number of carbonyl (C=O) groups is 2. The van der Waals surface area contributed by atoms with E-state index in [0.29, 0.717) is 22.1 Å². The zero-order chi connectivity index (χ0) is 21.6. The number of aromatic nitrogens is 1. The summed E-state index contributed by atoms with van der Waals surface area (Å²) < 4.78 is 0. The van der Waals surface area contributed by atoms with Gasteiger partial charge in [0.15, 0.2) is 0 Å². The van der Waals surface area contributed by atoms with Crippen LogP contribution in [0.15, 0.2) is 90.0 Å². The molecule has 0 aliphatic carbocycles. The minimum Gasteiger partial charge on any atom is -0.322 e. The van der Waals surface area contributed by atoms with E-state index < -0.39 is 0 Å². The third-order valence-electron chi connectivity index (χ3n) is 4.47. The number of nitrogens with one attached hydrogen (secondary N) is 2. The highest BCUT2D eigenvalue weighted by molar-refractivity contribution is 8.00. The number of fused-ring (bicyclic) bond motifs is 1. The highest BCUT2D eigenvalue weighted by Gasteiger charge is 2.09. The summed E-state index contributed by atoms with van der Waals surface area (Å²) in [7, 11) is 0. The van der Waals surface area contributed by atoms with Gasteiger partial charge in [-0.3, -0.25) is 9.59 Å². The Bertz CT molecular complexity index is 1250. The summed E-state index contributed by atoms with van der Waals surface area (Å²) in [6, 6.07) is 24.2. The van der Waals surface area contributed by atoms with Crippen LogP contribution in [0.3, 0.4) is 0 Å². The minimum absolute atomic E-state index is 0.176. The number of carbonyl (C=O) groups excluding carboxylic acids is 2. The molecule has 2 N–H and O–H groups in total. The number of anilines is 2. The molecule has 1 heterocycles. The number of nitrogens with zero attached hydrogens (tertiary/aromatic N) is 1. The van der Waals surface area contributed by atoms with Gasteiger partial charge < -0.3 is 10.6 Å². The summed E-state index contributed by atoms with van der Waals surface area (Å²) in [4.78, 5) is 29.7. The Morgan fingerprint density at radius 3 is 2.52 bits per heavy atom. The molecule has 0 aliphatic heterocycles. The summed E-state index contributed by atoms with van der Waals surface area (Å²) >= 11 is 7.17. The van der Waals surface area contributed by atoms with E-state index in [0.717, 1.165) is 15.7 Å². The number of halogens is 1. The molecule has 0 bridgehead atoms. The molecule has 4 aromatic rings. The topological polar surface area (TPSA) is 71.1 Å². The zero-order valence-electron chi connectivity index (χ0n) is 16.3. The normalized spacial score (nSPS) is 10.6. The highest BCUT2D eigenvalue weighted by atomic mass is 35.5. The van der Waals surface area contributed by atoms with Crippen molar-refractivity contribution in [1.29, 1.82) is 0 Å². The number of pyridine rings is 1. The number of benzene rings is 3. The van der Waals surface area contributed by atoms with Gasteiger partial charge in [0.1, 0.15) is 5.82 Å².